The molecular formula is C17H19N3O. The largest absolute Gasteiger partial charge is 0.508 e. The number of hydrogen-bond acceptors (Lipinski definition) is 3. The van der Waals surface area contributed by atoms with Crippen LogP contribution in [-0.4, -0.2) is 26.6 Å². The van der Waals surface area contributed by atoms with E-state index in [1.165, 1.54) is 0 Å². The number of nitrogens with zero attached hydrogens (tertiary/aromatic N) is 3. The molecule has 1 N–H and O–H groups in total. The highest BCUT2D eigenvalue weighted by Gasteiger charge is 2.11. The van der Waals surface area contributed by atoms with Gasteiger partial charge in [-0.15, -0.1) is 0 Å². The van der Waals surface area contributed by atoms with Crippen LogP contribution in [0.1, 0.15) is 11.4 Å². The zero-order chi connectivity index (χ0) is 14.8. The summed E-state index contributed by atoms with van der Waals surface area (Å²) in [6.45, 7) is 1.42. The van der Waals surface area contributed by atoms with Gasteiger partial charge in [0, 0.05) is 31.5 Å². The van der Waals surface area contributed by atoms with E-state index in [0.29, 0.717) is 12.3 Å². The van der Waals surface area contributed by atoms with E-state index in [4.69, 9.17) is 0 Å². The summed E-state index contributed by atoms with van der Waals surface area (Å²) >= 11 is 0. The Morgan fingerprint density at radius 2 is 1.95 bits per heavy atom. The van der Waals surface area contributed by atoms with Crippen LogP contribution < -0.4 is 0 Å². The minimum Gasteiger partial charge on any atom is -0.508 e. The first kappa shape index (κ1) is 13.6. The Morgan fingerprint density at radius 1 is 1.14 bits per heavy atom. The average molecular weight is 281 g/mol. The Hall–Kier alpha value is -2.33. The summed E-state index contributed by atoms with van der Waals surface area (Å²) in [6.07, 6.45) is 3.75. The third-order valence-corrected chi connectivity index (χ3v) is 3.78. The van der Waals surface area contributed by atoms with E-state index in [2.05, 4.69) is 22.0 Å². The van der Waals surface area contributed by atoms with E-state index in [1.54, 1.807) is 12.3 Å². The van der Waals surface area contributed by atoms with Crippen molar-refractivity contribution in [1.29, 1.82) is 0 Å². The van der Waals surface area contributed by atoms with Gasteiger partial charge in [-0.2, -0.15) is 0 Å². The minimum absolute atomic E-state index is 0.348. The molecule has 108 valence electrons. The van der Waals surface area contributed by atoms with Gasteiger partial charge in [0.15, 0.2) is 0 Å². The molecule has 21 heavy (non-hydrogen) atoms. The molecule has 0 radical (unpaired) electrons. The predicted octanol–water partition coefficient (Wildman–Crippen LogP) is 2.91. The first-order valence-electron chi connectivity index (χ1n) is 6.99. The Bertz CT molecular complexity index is 764. The Morgan fingerprint density at radius 3 is 2.71 bits per heavy atom. The maximum absolute atomic E-state index is 10.2. The molecule has 0 aliphatic heterocycles. The fraction of sp³-hybridized carbons (Fsp3) is 0.235. The number of aromatic hydroxyl groups is 1. The molecule has 0 unspecified atom stereocenters. The highest BCUT2D eigenvalue weighted by molar-refractivity contribution is 5.87. The van der Waals surface area contributed by atoms with Gasteiger partial charge in [0.1, 0.15) is 11.6 Å². The fourth-order valence-corrected chi connectivity index (χ4v) is 2.61. The van der Waals surface area contributed by atoms with Gasteiger partial charge in [-0.3, -0.25) is 4.90 Å². The van der Waals surface area contributed by atoms with Gasteiger partial charge in [-0.1, -0.05) is 30.3 Å². The van der Waals surface area contributed by atoms with Crippen LogP contribution in [0, 0.1) is 0 Å². The Balaban J connectivity index is 1.87. The van der Waals surface area contributed by atoms with Crippen molar-refractivity contribution in [2.75, 3.05) is 7.05 Å². The van der Waals surface area contributed by atoms with E-state index in [-0.39, 0.29) is 0 Å². The SMILES string of the molecule is CN(Cc1c(O)ccc2ccccc12)Cc1nccn1C. The lowest BCUT2D eigenvalue weighted by atomic mass is 10.0. The summed E-state index contributed by atoms with van der Waals surface area (Å²) < 4.78 is 2.01. The van der Waals surface area contributed by atoms with Crippen molar-refractivity contribution in [1.82, 2.24) is 14.5 Å². The van der Waals surface area contributed by atoms with Crippen molar-refractivity contribution in [2.45, 2.75) is 13.1 Å². The van der Waals surface area contributed by atoms with Crippen LogP contribution in [0.25, 0.3) is 10.8 Å². The third kappa shape index (κ3) is 2.76. The van der Waals surface area contributed by atoms with Crippen LogP contribution in [0.2, 0.25) is 0 Å². The number of phenols is 1. The van der Waals surface area contributed by atoms with Crippen molar-refractivity contribution >= 4 is 10.8 Å². The van der Waals surface area contributed by atoms with E-state index < -0.39 is 0 Å². The molecule has 0 amide bonds. The second-order valence-electron chi connectivity index (χ2n) is 5.41. The van der Waals surface area contributed by atoms with Crippen molar-refractivity contribution in [2.24, 2.45) is 7.05 Å². The molecule has 0 spiro atoms. The van der Waals surface area contributed by atoms with Crippen LogP contribution >= 0.6 is 0 Å². The number of imidazole rings is 1. The zero-order valence-corrected chi connectivity index (χ0v) is 12.3. The molecule has 0 aliphatic rings. The number of rotatable bonds is 4. The predicted molar refractivity (Wildman–Crippen MR) is 84.0 cm³/mol. The van der Waals surface area contributed by atoms with Crippen LogP contribution in [0.4, 0.5) is 0 Å². The summed E-state index contributed by atoms with van der Waals surface area (Å²) in [4.78, 5) is 6.50. The van der Waals surface area contributed by atoms with E-state index >= 15 is 0 Å². The van der Waals surface area contributed by atoms with Crippen molar-refractivity contribution in [3.8, 4) is 5.75 Å². The van der Waals surface area contributed by atoms with Gasteiger partial charge in [0.25, 0.3) is 0 Å². The lowest BCUT2D eigenvalue weighted by molar-refractivity contribution is 0.303. The van der Waals surface area contributed by atoms with Crippen LogP contribution in [0.5, 0.6) is 5.75 Å². The lowest BCUT2D eigenvalue weighted by Gasteiger charge is -2.18. The van der Waals surface area contributed by atoms with Gasteiger partial charge < -0.3 is 9.67 Å². The molecule has 4 heteroatoms. The summed E-state index contributed by atoms with van der Waals surface area (Å²) in [5.74, 6) is 1.36. The summed E-state index contributed by atoms with van der Waals surface area (Å²) in [5, 5.41) is 12.4. The van der Waals surface area contributed by atoms with Crippen LogP contribution in [0.15, 0.2) is 48.8 Å². The van der Waals surface area contributed by atoms with Crippen molar-refractivity contribution < 1.29 is 5.11 Å². The first-order chi connectivity index (χ1) is 10.1. The Kier molecular flexibility index (Phi) is 3.62. The number of aryl methyl sites for hydroxylation is 1. The smallest absolute Gasteiger partial charge is 0.122 e. The fourth-order valence-electron chi connectivity index (χ4n) is 2.61. The molecular weight excluding hydrogens is 262 g/mol. The second kappa shape index (κ2) is 5.58. The van der Waals surface area contributed by atoms with Crippen LogP contribution in [0.3, 0.4) is 0 Å². The number of hydrogen-bond donors (Lipinski definition) is 1. The topological polar surface area (TPSA) is 41.3 Å². The molecule has 2 aromatic carbocycles. The quantitative estimate of drug-likeness (QED) is 0.799. The summed E-state index contributed by atoms with van der Waals surface area (Å²) in [5.41, 5.74) is 0.963. The molecule has 0 saturated heterocycles. The highest BCUT2D eigenvalue weighted by atomic mass is 16.3. The average Bonchev–Trinajstić information content (AvgIpc) is 2.87. The molecule has 0 saturated carbocycles. The van der Waals surface area contributed by atoms with E-state index in [1.807, 2.05) is 43.1 Å². The lowest BCUT2D eigenvalue weighted by Crippen LogP contribution is -2.19. The van der Waals surface area contributed by atoms with Gasteiger partial charge in [0.2, 0.25) is 0 Å². The monoisotopic (exact) mass is 281 g/mol. The first-order valence-corrected chi connectivity index (χ1v) is 6.99. The maximum Gasteiger partial charge on any atom is 0.122 e. The highest BCUT2D eigenvalue weighted by Crippen LogP contribution is 2.28. The summed E-state index contributed by atoms with van der Waals surface area (Å²) in [7, 11) is 4.03. The number of aromatic nitrogens is 2. The Labute approximate surface area is 124 Å². The number of benzene rings is 2. The van der Waals surface area contributed by atoms with Gasteiger partial charge in [-0.25, -0.2) is 4.98 Å². The number of phenolic OH excluding ortho intramolecular Hbond substituents is 1. The molecule has 0 atom stereocenters. The number of fused-ring (bicyclic) bond motifs is 1. The van der Waals surface area contributed by atoms with Gasteiger partial charge in [-0.05, 0) is 23.9 Å². The van der Waals surface area contributed by atoms with Crippen LogP contribution in [-0.2, 0) is 20.1 Å². The zero-order valence-electron chi connectivity index (χ0n) is 12.3. The maximum atomic E-state index is 10.2. The third-order valence-electron chi connectivity index (χ3n) is 3.78. The minimum atomic E-state index is 0.348. The van der Waals surface area contributed by atoms with Crippen molar-refractivity contribution in [3.05, 3.63) is 60.2 Å². The molecule has 4 nitrogen and oxygen atoms in total. The normalized spacial score (nSPS) is 11.4. The molecule has 0 aliphatic carbocycles. The molecule has 3 rings (SSSR count). The standard InChI is InChI=1S/C17H19N3O/c1-19(12-17-18-9-10-20(17)2)11-15-14-6-4-3-5-13(14)7-8-16(15)21/h3-10,21H,11-12H2,1-2H3. The van der Waals surface area contributed by atoms with Gasteiger partial charge in [0.05, 0.1) is 6.54 Å². The second-order valence-corrected chi connectivity index (χ2v) is 5.41. The molecule has 1 heterocycles. The van der Waals surface area contributed by atoms with E-state index in [0.717, 1.165) is 28.7 Å². The van der Waals surface area contributed by atoms with Gasteiger partial charge >= 0.3 is 0 Å². The van der Waals surface area contributed by atoms with Crippen molar-refractivity contribution in [3.63, 3.8) is 0 Å². The molecule has 3 aromatic rings. The summed E-state index contributed by atoms with van der Waals surface area (Å²) in [6, 6.07) is 11.9. The molecule has 1 aromatic heterocycles. The molecule has 0 bridgehead atoms. The van der Waals surface area contributed by atoms with E-state index in [9.17, 15) is 5.11 Å². The molecule has 0 fully saturated rings.